The zero-order chi connectivity index (χ0) is 23.1. The summed E-state index contributed by atoms with van der Waals surface area (Å²) in [6.45, 7) is 5.25. The summed E-state index contributed by atoms with van der Waals surface area (Å²) in [5, 5.41) is 2.07. The van der Waals surface area contributed by atoms with Crippen LogP contribution in [0.5, 0.6) is 11.5 Å². The van der Waals surface area contributed by atoms with Crippen LogP contribution in [0, 0.1) is 0 Å². The highest BCUT2D eigenvalue weighted by atomic mass is 35.5. The van der Waals surface area contributed by atoms with Crippen LogP contribution in [0.25, 0.3) is 0 Å². The molecule has 5 nitrogen and oxygen atoms in total. The lowest BCUT2D eigenvalue weighted by Gasteiger charge is -2.26. The van der Waals surface area contributed by atoms with Crippen LogP contribution in [0.15, 0.2) is 36.4 Å². The van der Waals surface area contributed by atoms with Gasteiger partial charge in [-0.1, -0.05) is 24.1 Å². The zero-order valence-corrected chi connectivity index (χ0v) is 18.6. The molecule has 1 heterocycles. The summed E-state index contributed by atoms with van der Waals surface area (Å²) in [6, 6.07) is 8.21. The fraction of sp³-hybridized carbons (Fsp3) is 0.435. The molecule has 0 spiro atoms. The maximum Gasteiger partial charge on any atom is 0.417 e. The fourth-order valence-corrected chi connectivity index (χ4v) is 3.84. The Balaban J connectivity index is 1.79. The van der Waals surface area contributed by atoms with Crippen molar-refractivity contribution in [3.63, 3.8) is 0 Å². The lowest BCUT2D eigenvalue weighted by molar-refractivity contribution is -0.137. The lowest BCUT2D eigenvalue weighted by atomic mass is 10.1. The Labute approximate surface area is 190 Å². The SMILES string of the molecule is CCOc1cccc(OCCN2CCCCC2)c1C(=O)Nc1ccc(Cl)c(C(F)(F)F)c1. The summed E-state index contributed by atoms with van der Waals surface area (Å²) in [5.41, 5.74) is -0.915. The number of carbonyl (C=O) groups is 1. The van der Waals surface area contributed by atoms with E-state index in [4.69, 9.17) is 21.1 Å². The highest BCUT2D eigenvalue weighted by Crippen LogP contribution is 2.37. The van der Waals surface area contributed by atoms with Gasteiger partial charge in [0.15, 0.2) is 0 Å². The first kappa shape index (κ1) is 24.2. The fourth-order valence-electron chi connectivity index (χ4n) is 3.61. The largest absolute Gasteiger partial charge is 0.493 e. The molecule has 0 bridgehead atoms. The molecule has 2 aromatic carbocycles. The van der Waals surface area contributed by atoms with E-state index in [1.54, 1.807) is 25.1 Å². The maximum absolute atomic E-state index is 13.2. The topological polar surface area (TPSA) is 50.8 Å². The molecule has 1 fully saturated rings. The van der Waals surface area contributed by atoms with Crippen LogP contribution in [0.1, 0.15) is 42.1 Å². The predicted octanol–water partition coefficient (Wildman–Crippen LogP) is 5.87. The molecule has 0 saturated carbocycles. The molecule has 9 heteroatoms. The van der Waals surface area contributed by atoms with Crippen LogP contribution in [0.4, 0.5) is 18.9 Å². The number of hydrogen-bond donors (Lipinski definition) is 1. The average Bonchev–Trinajstić information content (AvgIpc) is 2.75. The van der Waals surface area contributed by atoms with E-state index >= 15 is 0 Å². The summed E-state index contributed by atoms with van der Waals surface area (Å²) >= 11 is 5.67. The third kappa shape index (κ3) is 6.29. The summed E-state index contributed by atoms with van der Waals surface area (Å²) in [7, 11) is 0. The molecule has 32 heavy (non-hydrogen) atoms. The van der Waals surface area contributed by atoms with E-state index < -0.39 is 22.7 Å². The number of benzene rings is 2. The first-order chi connectivity index (χ1) is 15.3. The van der Waals surface area contributed by atoms with Gasteiger partial charge in [-0.3, -0.25) is 9.69 Å². The van der Waals surface area contributed by atoms with Gasteiger partial charge in [-0.25, -0.2) is 0 Å². The third-order valence-corrected chi connectivity index (χ3v) is 5.49. The minimum absolute atomic E-state index is 0.0303. The quantitative estimate of drug-likeness (QED) is 0.524. The molecule has 1 aliphatic rings. The Bertz CT molecular complexity index is 931. The number of amides is 1. The number of piperidine rings is 1. The number of alkyl halides is 3. The van der Waals surface area contributed by atoms with Gasteiger partial charge in [0.25, 0.3) is 5.91 Å². The van der Waals surface area contributed by atoms with E-state index in [-0.39, 0.29) is 11.3 Å². The predicted molar refractivity (Wildman–Crippen MR) is 118 cm³/mol. The normalized spacial score (nSPS) is 14.8. The minimum Gasteiger partial charge on any atom is -0.493 e. The van der Waals surface area contributed by atoms with Gasteiger partial charge < -0.3 is 14.8 Å². The van der Waals surface area contributed by atoms with Crippen LogP contribution in [0.2, 0.25) is 5.02 Å². The minimum atomic E-state index is -4.64. The smallest absolute Gasteiger partial charge is 0.417 e. The van der Waals surface area contributed by atoms with Crippen LogP contribution in [-0.4, -0.2) is 43.7 Å². The second-order valence-corrected chi connectivity index (χ2v) is 7.87. The molecule has 0 aromatic heterocycles. The number of likely N-dealkylation sites (tertiary alicyclic amines) is 1. The molecule has 1 aliphatic heterocycles. The maximum atomic E-state index is 13.2. The Morgan fingerprint density at radius 3 is 2.44 bits per heavy atom. The number of ether oxygens (including phenoxy) is 2. The highest BCUT2D eigenvalue weighted by molar-refractivity contribution is 6.31. The van der Waals surface area contributed by atoms with Crippen LogP contribution in [0.3, 0.4) is 0 Å². The van der Waals surface area contributed by atoms with Crippen molar-refractivity contribution in [1.29, 1.82) is 0 Å². The van der Waals surface area contributed by atoms with Gasteiger partial charge in [-0.05, 0) is 63.2 Å². The number of halogens is 4. The van der Waals surface area contributed by atoms with E-state index in [0.717, 1.165) is 44.6 Å². The van der Waals surface area contributed by atoms with Crippen molar-refractivity contribution in [3.8, 4) is 11.5 Å². The van der Waals surface area contributed by atoms with Crippen LogP contribution >= 0.6 is 11.6 Å². The number of anilines is 1. The lowest BCUT2D eigenvalue weighted by Crippen LogP contribution is -2.33. The Kier molecular flexibility index (Phi) is 8.26. The van der Waals surface area contributed by atoms with Crippen molar-refractivity contribution in [2.75, 3.05) is 38.2 Å². The number of carbonyl (C=O) groups excluding carboxylic acids is 1. The van der Waals surface area contributed by atoms with Crippen molar-refractivity contribution < 1.29 is 27.4 Å². The second kappa shape index (κ2) is 10.9. The van der Waals surface area contributed by atoms with Crippen molar-refractivity contribution in [3.05, 3.63) is 52.5 Å². The molecule has 3 rings (SSSR count). The molecule has 0 radical (unpaired) electrons. The zero-order valence-electron chi connectivity index (χ0n) is 17.8. The van der Waals surface area contributed by atoms with Crippen molar-refractivity contribution in [1.82, 2.24) is 4.90 Å². The van der Waals surface area contributed by atoms with Crippen LogP contribution in [-0.2, 0) is 6.18 Å². The number of rotatable bonds is 8. The molecule has 0 unspecified atom stereocenters. The van der Waals surface area contributed by atoms with Crippen LogP contribution < -0.4 is 14.8 Å². The Hall–Kier alpha value is -2.45. The highest BCUT2D eigenvalue weighted by Gasteiger charge is 2.33. The molecule has 1 amide bonds. The summed E-state index contributed by atoms with van der Waals surface area (Å²) in [6.07, 6.45) is -1.08. The standard InChI is InChI=1S/C23H26ClF3N2O3/c1-2-31-19-7-6-8-20(32-14-13-29-11-4-3-5-12-29)21(19)22(30)28-16-9-10-18(24)17(15-16)23(25,26)27/h6-10,15H,2-5,11-14H2,1H3,(H,28,30). The van der Waals surface area contributed by atoms with Gasteiger partial charge in [0.05, 0.1) is 17.2 Å². The van der Waals surface area contributed by atoms with Gasteiger partial charge in [-0.2, -0.15) is 13.2 Å². The number of nitrogens with one attached hydrogen (secondary N) is 1. The number of hydrogen-bond acceptors (Lipinski definition) is 4. The Morgan fingerprint density at radius 2 is 1.78 bits per heavy atom. The third-order valence-electron chi connectivity index (χ3n) is 5.16. The molecular formula is C23H26ClF3N2O3. The van der Waals surface area contributed by atoms with E-state index in [1.807, 2.05) is 0 Å². The molecule has 0 atom stereocenters. The molecule has 0 aliphatic carbocycles. The average molecular weight is 471 g/mol. The summed E-state index contributed by atoms with van der Waals surface area (Å²) < 4.78 is 51.0. The Morgan fingerprint density at radius 1 is 1.09 bits per heavy atom. The van der Waals surface area contributed by atoms with E-state index in [2.05, 4.69) is 10.2 Å². The van der Waals surface area contributed by atoms with Gasteiger partial charge >= 0.3 is 6.18 Å². The summed E-state index contributed by atoms with van der Waals surface area (Å²) in [5.74, 6) is -0.0154. The molecule has 1 saturated heterocycles. The van der Waals surface area contributed by atoms with Crippen molar-refractivity contribution >= 4 is 23.2 Å². The van der Waals surface area contributed by atoms with Gasteiger partial charge in [0.1, 0.15) is 23.7 Å². The molecule has 174 valence electrons. The molecular weight excluding hydrogens is 445 g/mol. The van der Waals surface area contributed by atoms with Gasteiger partial charge in [-0.15, -0.1) is 0 Å². The van der Waals surface area contributed by atoms with E-state index in [1.165, 1.54) is 12.5 Å². The first-order valence-electron chi connectivity index (χ1n) is 10.6. The van der Waals surface area contributed by atoms with Gasteiger partial charge in [0.2, 0.25) is 0 Å². The van der Waals surface area contributed by atoms with Gasteiger partial charge in [0, 0.05) is 12.2 Å². The molecule has 2 aromatic rings. The van der Waals surface area contributed by atoms with Crippen molar-refractivity contribution in [2.24, 2.45) is 0 Å². The summed E-state index contributed by atoms with van der Waals surface area (Å²) in [4.78, 5) is 15.4. The first-order valence-corrected chi connectivity index (χ1v) is 11.0. The number of nitrogens with zero attached hydrogens (tertiary/aromatic N) is 1. The van der Waals surface area contributed by atoms with E-state index in [9.17, 15) is 18.0 Å². The monoisotopic (exact) mass is 470 g/mol. The molecule has 1 N–H and O–H groups in total. The second-order valence-electron chi connectivity index (χ2n) is 7.46. The van der Waals surface area contributed by atoms with Crippen molar-refractivity contribution in [2.45, 2.75) is 32.4 Å². The van der Waals surface area contributed by atoms with E-state index in [0.29, 0.717) is 24.7 Å².